The molecule has 5 nitrogen and oxygen atoms in total. The summed E-state index contributed by atoms with van der Waals surface area (Å²) >= 11 is 0. The number of nitrogen functional groups attached to an aromatic ring is 1. The molecule has 0 saturated heterocycles. The van der Waals surface area contributed by atoms with E-state index in [1.807, 2.05) is 31.3 Å². The van der Waals surface area contributed by atoms with E-state index in [2.05, 4.69) is 20.6 Å². The topological polar surface area (TPSA) is 69.6 Å². The molecule has 0 unspecified atom stereocenters. The Morgan fingerprint density at radius 2 is 2.10 bits per heavy atom. The SMILES string of the molecule is Cc1nccc(Cn2c(C3CC3)nc3cc(N)ccc32)n1. The fourth-order valence-corrected chi connectivity index (χ4v) is 2.74. The molecule has 1 aliphatic rings. The van der Waals surface area contributed by atoms with Crippen LogP contribution in [0.3, 0.4) is 0 Å². The molecule has 0 spiro atoms. The van der Waals surface area contributed by atoms with E-state index >= 15 is 0 Å². The Morgan fingerprint density at radius 1 is 1.24 bits per heavy atom. The number of benzene rings is 1. The average molecular weight is 279 g/mol. The Labute approximate surface area is 122 Å². The molecule has 2 heterocycles. The predicted molar refractivity (Wildman–Crippen MR) is 82.0 cm³/mol. The highest BCUT2D eigenvalue weighted by atomic mass is 15.1. The van der Waals surface area contributed by atoms with Crippen LogP contribution in [0.25, 0.3) is 11.0 Å². The first kappa shape index (κ1) is 12.3. The summed E-state index contributed by atoms with van der Waals surface area (Å²) in [5.41, 5.74) is 9.75. The minimum Gasteiger partial charge on any atom is -0.399 e. The molecule has 2 N–H and O–H groups in total. The Hall–Kier alpha value is -2.43. The van der Waals surface area contributed by atoms with Gasteiger partial charge in [-0.15, -0.1) is 0 Å². The molecule has 0 atom stereocenters. The van der Waals surface area contributed by atoms with Gasteiger partial charge in [0.2, 0.25) is 0 Å². The summed E-state index contributed by atoms with van der Waals surface area (Å²) in [7, 11) is 0. The van der Waals surface area contributed by atoms with Crippen LogP contribution in [0, 0.1) is 6.92 Å². The summed E-state index contributed by atoms with van der Waals surface area (Å²) in [6.45, 7) is 2.65. The van der Waals surface area contributed by atoms with Crippen molar-refractivity contribution in [3.05, 3.63) is 47.8 Å². The minimum atomic E-state index is 0.585. The zero-order valence-corrected chi connectivity index (χ0v) is 12.0. The molecule has 0 radical (unpaired) electrons. The summed E-state index contributed by atoms with van der Waals surface area (Å²) in [6.07, 6.45) is 4.26. The molecule has 1 aromatic carbocycles. The van der Waals surface area contributed by atoms with Gasteiger partial charge in [0.05, 0.1) is 23.3 Å². The van der Waals surface area contributed by atoms with Gasteiger partial charge >= 0.3 is 0 Å². The molecule has 5 heteroatoms. The van der Waals surface area contributed by atoms with Crippen molar-refractivity contribution in [2.24, 2.45) is 0 Å². The van der Waals surface area contributed by atoms with E-state index < -0.39 is 0 Å². The van der Waals surface area contributed by atoms with Gasteiger partial charge in [-0.3, -0.25) is 0 Å². The maximum Gasteiger partial charge on any atom is 0.125 e. The van der Waals surface area contributed by atoms with Gasteiger partial charge in [0, 0.05) is 17.8 Å². The molecule has 1 fully saturated rings. The van der Waals surface area contributed by atoms with E-state index in [1.54, 1.807) is 0 Å². The quantitative estimate of drug-likeness (QED) is 0.748. The number of rotatable bonds is 3. The van der Waals surface area contributed by atoms with Crippen molar-refractivity contribution < 1.29 is 0 Å². The maximum atomic E-state index is 5.88. The lowest BCUT2D eigenvalue weighted by atomic mass is 10.2. The van der Waals surface area contributed by atoms with Crippen molar-refractivity contribution in [1.82, 2.24) is 19.5 Å². The summed E-state index contributed by atoms with van der Waals surface area (Å²) in [5, 5.41) is 0. The lowest BCUT2D eigenvalue weighted by Gasteiger charge is -2.08. The maximum absolute atomic E-state index is 5.88. The van der Waals surface area contributed by atoms with Crippen molar-refractivity contribution in [3.63, 3.8) is 0 Å². The number of nitrogens with zero attached hydrogens (tertiary/aromatic N) is 4. The van der Waals surface area contributed by atoms with Crippen LogP contribution in [0.5, 0.6) is 0 Å². The van der Waals surface area contributed by atoms with Gasteiger partial charge in [0.15, 0.2) is 0 Å². The van der Waals surface area contributed by atoms with Crippen molar-refractivity contribution in [2.75, 3.05) is 5.73 Å². The fourth-order valence-electron chi connectivity index (χ4n) is 2.74. The van der Waals surface area contributed by atoms with Gasteiger partial charge in [-0.05, 0) is 44.0 Å². The highest BCUT2D eigenvalue weighted by molar-refractivity contribution is 5.80. The van der Waals surface area contributed by atoms with E-state index in [-0.39, 0.29) is 0 Å². The largest absolute Gasteiger partial charge is 0.399 e. The minimum absolute atomic E-state index is 0.585. The van der Waals surface area contributed by atoms with Crippen molar-refractivity contribution >= 4 is 16.7 Å². The molecule has 21 heavy (non-hydrogen) atoms. The molecule has 1 aliphatic carbocycles. The number of hydrogen-bond acceptors (Lipinski definition) is 4. The van der Waals surface area contributed by atoms with E-state index in [4.69, 9.17) is 10.7 Å². The smallest absolute Gasteiger partial charge is 0.125 e. The number of aryl methyl sites for hydroxylation is 1. The Morgan fingerprint density at radius 3 is 2.86 bits per heavy atom. The highest BCUT2D eigenvalue weighted by Crippen LogP contribution is 2.41. The van der Waals surface area contributed by atoms with Crippen molar-refractivity contribution in [3.8, 4) is 0 Å². The monoisotopic (exact) mass is 279 g/mol. The second-order valence-electron chi connectivity index (χ2n) is 5.67. The number of nitrogens with two attached hydrogens (primary N) is 1. The van der Waals surface area contributed by atoms with Gasteiger partial charge in [0.1, 0.15) is 11.6 Å². The van der Waals surface area contributed by atoms with Crippen molar-refractivity contribution in [1.29, 1.82) is 0 Å². The predicted octanol–water partition coefficient (Wildman–Crippen LogP) is 2.64. The number of fused-ring (bicyclic) bond motifs is 1. The number of aromatic nitrogens is 4. The van der Waals surface area contributed by atoms with Gasteiger partial charge in [-0.1, -0.05) is 0 Å². The molecular weight excluding hydrogens is 262 g/mol. The van der Waals surface area contributed by atoms with E-state index in [9.17, 15) is 0 Å². The number of anilines is 1. The normalized spacial score (nSPS) is 14.7. The van der Waals surface area contributed by atoms with E-state index in [0.717, 1.165) is 40.6 Å². The van der Waals surface area contributed by atoms with Crippen LogP contribution >= 0.6 is 0 Å². The van der Waals surface area contributed by atoms with Gasteiger partial charge in [0.25, 0.3) is 0 Å². The summed E-state index contributed by atoms with van der Waals surface area (Å²) in [6, 6.07) is 7.90. The first-order valence-corrected chi connectivity index (χ1v) is 7.25. The second-order valence-corrected chi connectivity index (χ2v) is 5.67. The fraction of sp³-hybridized carbons (Fsp3) is 0.312. The Kier molecular flexibility index (Phi) is 2.67. The third kappa shape index (κ3) is 2.24. The molecule has 0 bridgehead atoms. The van der Waals surface area contributed by atoms with E-state index in [1.165, 1.54) is 12.8 Å². The average Bonchev–Trinajstić information content (AvgIpc) is 3.23. The zero-order chi connectivity index (χ0) is 14.4. The second kappa shape index (κ2) is 4.55. The Balaban J connectivity index is 1.84. The molecular formula is C16H17N5. The summed E-state index contributed by atoms with van der Waals surface area (Å²) < 4.78 is 2.27. The van der Waals surface area contributed by atoms with Crippen LogP contribution in [0.1, 0.15) is 36.1 Å². The molecule has 4 rings (SSSR count). The standard InChI is InChI=1S/C16H17N5/c1-10-18-7-6-13(19-10)9-21-15-5-4-12(17)8-14(15)20-16(21)11-2-3-11/h4-8,11H,2-3,9,17H2,1H3. The summed E-state index contributed by atoms with van der Waals surface area (Å²) in [4.78, 5) is 13.5. The first-order chi connectivity index (χ1) is 10.2. The van der Waals surface area contributed by atoms with Crippen molar-refractivity contribution in [2.45, 2.75) is 32.2 Å². The van der Waals surface area contributed by atoms with Crippen LogP contribution < -0.4 is 5.73 Å². The summed E-state index contributed by atoms with van der Waals surface area (Å²) in [5.74, 6) is 2.54. The molecule has 3 aromatic rings. The third-order valence-corrected chi connectivity index (χ3v) is 3.90. The molecule has 0 amide bonds. The third-order valence-electron chi connectivity index (χ3n) is 3.90. The molecule has 0 aliphatic heterocycles. The van der Waals surface area contributed by atoms with Crippen LogP contribution in [-0.2, 0) is 6.54 Å². The van der Waals surface area contributed by atoms with E-state index in [0.29, 0.717) is 5.92 Å². The lowest BCUT2D eigenvalue weighted by Crippen LogP contribution is -2.06. The van der Waals surface area contributed by atoms with Gasteiger partial charge < -0.3 is 10.3 Å². The van der Waals surface area contributed by atoms with Crippen LogP contribution in [0.4, 0.5) is 5.69 Å². The molecule has 1 saturated carbocycles. The number of imidazole rings is 1. The van der Waals surface area contributed by atoms with Crippen LogP contribution in [0.2, 0.25) is 0 Å². The highest BCUT2D eigenvalue weighted by Gasteiger charge is 2.29. The lowest BCUT2D eigenvalue weighted by molar-refractivity contribution is 0.724. The van der Waals surface area contributed by atoms with Crippen LogP contribution in [-0.4, -0.2) is 19.5 Å². The first-order valence-electron chi connectivity index (χ1n) is 7.25. The Bertz CT molecular complexity index is 817. The van der Waals surface area contributed by atoms with Gasteiger partial charge in [-0.2, -0.15) is 0 Å². The molecule has 2 aromatic heterocycles. The van der Waals surface area contributed by atoms with Gasteiger partial charge in [-0.25, -0.2) is 15.0 Å². The van der Waals surface area contributed by atoms with Crippen LogP contribution in [0.15, 0.2) is 30.5 Å². The molecule has 106 valence electrons. The zero-order valence-electron chi connectivity index (χ0n) is 12.0. The number of hydrogen-bond donors (Lipinski definition) is 1.